The fourth-order valence-electron chi connectivity index (χ4n) is 3.46. The molecule has 136 valence electrons. The first-order valence-corrected chi connectivity index (χ1v) is 10.3. The number of hydrogen-bond acceptors (Lipinski definition) is 4. The molecule has 1 aliphatic carbocycles. The molecule has 0 saturated heterocycles. The number of thioether (sulfide) groups is 1. The molecule has 0 spiro atoms. The van der Waals surface area contributed by atoms with E-state index in [1.54, 1.807) is 11.8 Å². The Bertz CT molecular complexity index is 605. The Kier molecular flexibility index (Phi) is 7.38. The number of carbonyl (C=O) groups is 1. The van der Waals surface area contributed by atoms with E-state index in [2.05, 4.69) is 26.8 Å². The van der Waals surface area contributed by atoms with Crippen molar-refractivity contribution >= 4 is 17.7 Å². The monoisotopic (exact) mass is 359 g/mol. The van der Waals surface area contributed by atoms with Crippen molar-refractivity contribution in [3.63, 3.8) is 0 Å². The van der Waals surface area contributed by atoms with Gasteiger partial charge in [0.25, 0.3) is 0 Å². The van der Waals surface area contributed by atoms with Crippen LogP contribution in [0.1, 0.15) is 58.1 Å². The summed E-state index contributed by atoms with van der Waals surface area (Å²) in [5, 5.41) is 8.66. The molecule has 1 aromatic rings. The van der Waals surface area contributed by atoms with E-state index in [0.717, 1.165) is 24.2 Å². The smallest absolute Gasteiger partial charge is 0.319 e. The molecule has 0 aliphatic heterocycles. The van der Waals surface area contributed by atoms with Crippen LogP contribution in [-0.4, -0.2) is 17.3 Å². The summed E-state index contributed by atoms with van der Waals surface area (Å²) < 4.78 is 5.92. The molecule has 0 bridgehead atoms. The molecule has 4 heteroatoms. The summed E-state index contributed by atoms with van der Waals surface area (Å²) in [4.78, 5) is 12.5. The van der Waals surface area contributed by atoms with E-state index < -0.39 is 0 Å². The molecule has 4 unspecified atom stereocenters. The fourth-order valence-corrected chi connectivity index (χ4v) is 4.29. The van der Waals surface area contributed by atoms with Gasteiger partial charge in [0.15, 0.2) is 0 Å². The van der Waals surface area contributed by atoms with Crippen LogP contribution >= 0.6 is 11.8 Å². The summed E-state index contributed by atoms with van der Waals surface area (Å²) >= 11 is 1.59. The average Bonchev–Trinajstić information content (AvgIpc) is 2.59. The van der Waals surface area contributed by atoms with Gasteiger partial charge in [0, 0.05) is 5.75 Å². The average molecular weight is 360 g/mol. The van der Waals surface area contributed by atoms with Gasteiger partial charge in [-0.15, -0.1) is 11.8 Å². The number of nitrogens with zero attached hydrogens (tertiary/aromatic N) is 1. The zero-order chi connectivity index (χ0) is 18.4. The second-order valence-corrected chi connectivity index (χ2v) is 8.89. The Labute approximate surface area is 156 Å². The molecule has 25 heavy (non-hydrogen) atoms. The molecule has 1 aromatic carbocycles. The van der Waals surface area contributed by atoms with Gasteiger partial charge in [-0.1, -0.05) is 39.3 Å². The zero-order valence-corrected chi connectivity index (χ0v) is 16.5. The van der Waals surface area contributed by atoms with Crippen molar-refractivity contribution in [3.05, 3.63) is 35.4 Å². The Morgan fingerprint density at radius 2 is 1.96 bits per heavy atom. The van der Waals surface area contributed by atoms with Crippen LogP contribution < -0.4 is 0 Å². The van der Waals surface area contributed by atoms with Crippen LogP contribution in [0, 0.1) is 29.1 Å². The van der Waals surface area contributed by atoms with Crippen molar-refractivity contribution in [1.29, 1.82) is 5.26 Å². The molecule has 0 N–H and O–H groups in total. The molecule has 3 nitrogen and oxygen atoms in total. The van der Waals surface area contributed by atoms with Gasteiger partial charge in [-0.2, -0.15) is 5.26 Å². The van der Waals surface area contributed by atoms with Gasteiger partial charge in [0.05, 0.1) is 16.9 Å². The van der Waals surface area contributed by atoms with Crippen LogP contribution in [0.3, 0.4) is 0 Å². The van der Waals surface area contributed by atoms with Gasteiger partial charge in [-0.05, 0) is 55.2 Å². The molecule has 0 heterocycles. The number of carbonyl (C=O) groups excluding carboxylic acids is 1. The summed E-state index contributed by atoms with van der Waals surface area (Å²) in [7, 11) is 0. The third kappa shape index (κ3) is 5.78. The van der Waals surface area contributed by atoms with E-state index in [9.17, 15) is 4.79 Å². The summed E-state index contributed by atoms with van der Waals surface area (Å²) in [5.74, 6) is 2.32. The van der Waals surface area contributed by atoms with Crippen LogP contribution in [0.25, 0.3) is 0 Å². The number of benzene rings is 1. The third-order valence-electron chi connectivity index (χ3n) is 5.14. The SMILES string of the molecule is CC1CCC(C(C)C)C(OC(=O)C(C)SCc2ccc(C#N)cc2)C1. The lowest BCUT2D eigenvalue weighted by molar-refractivity contribution is -0.154. The largest absolute Gasteiger partial charge is 0.461 e. The van der Waals surface area contributed by atoms with E-state index in [1.807, 2.05) is 31.2 Å². The first-order chi connectivity index (χ1) is 11.9. The minimum absolute atomic E-state index is 0.0641. The highest BCUT2D eigenvalue weighted by molar-refractivity contribution is 7.99. The summed E-state index contributed by atoms with van der Waals surface area (Å²) in [6.45, 7) is 8.63. The van der Waals surface area contributed by atoms with Crippen molar-refractivity contribution < 1.29 is 9.53 Å². The molecule has 4 atom stereocenters. The van der Waals surface area contributed by atoms with Crippen LogP contribution in [0.2, 0.25) is 0 Å². The number of hydrogen-bond donors (Lipinski definition) is 0. The van der Waals surface area contributed by atoms with Crippen LogP contribution in [0.15, 0.2) is 24.3 Å². The molecule has 1 aliphatic rings. The summed E-state index contributed by atoms with van der Waals surface area (Å²) in [6.07, 6.45) is 3.44. The van der Waals surface area contributed by atoms with E-state index in [1.165, 1.54) is 6.42 Å². The van der Waals surface area contributed by atoms with Crippen LogP contribution in [-0.2, 0) is 15.3 Å². The molecule has 0 amide bonds. The van der Waals surface area contributed by atoms with Crippen molar-refractivity contribution in [2.75, 3.05) is 0 Å². The highest BCUT2D eigenvalue weighted by atomic mass is 32.2. The molecule has 1 fully saturated rings. The molecular formula is C21H29NO2S. The number of nitriles is 1. The van der Waals surface area contributed by atoms with Crippen molar-refractivity contribution in [2.24, 2.45) is 17.8 Å². The predicted molar refractivity (Wildman–Crippen MR) is 103 cm³/mol. The molecule has 2 rings (SSSR count). The number of rotatable bonds is 6. The van der Waals surface area contributed by atoms with Gasteiger partial charge >= 0.3 is 5.97 Å². The van der Waals surface area contributed by atoms with E-state index in [4.69, 9.17) is 10.00 Å². The minimum atomic E-state index is -0.180. The quantitative estimate of drug-likeness (QED) is 0.656. The van der Waals surface area contributed by atoms with Crippen LogP contribution in [0.4, 0.5) is 0 Å². The lowest BCUT2D eigenvalue weighted by Gasteiger charge is -2.37. The van der Waals surface area contributed by atoms with Gasteiger partial charge in [-0.25, -0.2) is 0 Å². The Morgan fingerprint density at radius 1 is 1.28 bits per heavy atom. The maximum atomic E-state index is 12.5. The van der Waals surface area contributed by atoms with E-state index in [-0.39, 0.29) is 17.3 Å². The van der Waals surface area contributed by atoms with Gasteiger partial charge in [-0.3, -0.25) is 4.79 Å². The number of esters is 1. The second-order valence-electron chi connectivity index (χ2n) is 7.56. The maximum absolute atomic E-state index is 12.5. The highest BCUT2D eigenvalue weighted by Gasteiger charge is 2.34. The summed E-state index contributed by atoms with van der Waals surface area (Å²) in [6, 6.07) is 9.64. The topological polar surface area (TPSA) is 50.1 Å². The van der Waals surface area contributed by atoms with Crippen molar-refractivity contribution in [1.82, 2.24) is 0 Å². The minimum Gasteiger partial charge on any atom is -0.461 e. The number of ether oxygens (including phenoxy) is 1. The van der Waals surface area contributed by atoms with Gasteiger partial charge < -0.3 is 4.74 Å². The van der Waals surface area contributed by atoms with E-state index in [0.29, 0.717) is 23.3 Å². The first kappa shape index (κ1) is 19.8. The summed E-state index contributed by atoms with van der Waals surface area (Å²) in [5.41, 5.74) is 1.78. The Balaban J connectivity index is 1.86. The molecular weight excluding hydrogens is 330 g/mol. The molecule has 0 radical (unpaired) electrons. The molecule has 0 aromatic heterocycles. The standard InChI is InChI=1S/C21H29NO2S/c1-14(2)19-10-5-15(3)11-20(19)24-21(23)16(4)25-13-18-8-6-17(12-22)7-9-18/h6-9,14-16,19-20H,5,10-11,13H2,1-4H3. The normalized spacial score (nSPS) is 24.6. The maximum Gasteiger partial charge on any atom is 0.319 e. The predicted octanol–water partition coefficient (Wildman–Crippen LogP) is 5.18. The third-order valence-corrected chi connectivity index (χ3v) is 6.34. The van der Waals surface area contributed by atoms with Crippen LogP contribution in [0.5, 0.6) is 0 Å². The van der Waals surface area contributed by atoms with Gasteiger partial charge in [0.1, 0.15) is 6.10 Å². The zero-order valence-electron chi connectivity index (χ0n) is 15.7. The Hall–Kier alpha value is -1.47. The van der Waals surface area contributed by atoms with E-state index >= 15 is 0 Å². The fraction of sp³-hybridized carbons (Fsp3) is 0.619. The lowest BCUT2D eigenvalue weighted by atomic mass is 9.75. The second kappa shape index (κ2) is 9.29. The van der Waals surface area contributed by atoms with Crippen molar-refractivity contribution in [2.45, 2.75) is 64.1 Å². The van der Waals surface area contributed by atoms with Gasteiger partial charge in [0.2, 0.25) is 0 Å². The highest BCUT2D eigenvalue weighted by Crippen LogP contribution is 2.36. The van der Waals surface area contributed by atoms with Crippen molar-refractivity contribution in [3.8, 4) is 6.07 Å². The molecule has 1 saturated carbocycles. The Morgan fingerprint density at radius 3 is 2.56 bits per heavy atom. The first-order valence-electron chi connectivity index (χ1n) is 9.21. The lowest BCUT2D eigenvalue weighted by Crippen LogP contribution is -2.37.